The molecule has 0 aliphatic heterocycles. The van der Waals surface area contributed by atoms with Crippen molar-refractivity contribution in [1.29, 1.82) is 0 Å². The van der Waals surface area contributed by atoms with Crippen LogP contribution in [0.15, 0.2) is 36.7 Å². The highest BCUT2D eigenvalue weighted by Crippen LogP contribution is 2.23. The number of halogens is 2. The molecule has 1 aromatic heterocycles. The van der Waals surface area contributed by atoms with E-state index in [1.807, 2.05) is 10.6 Å². The normalized spacial score (nSPS) is 11.2. The number of aryl methyl sites for hydroxylation is 2. The van der Waals surface area contributed by atoms with Gasteiger partial charge in [0.2, 0.25) is 0 Å². The van der Waals surface area contributed by atoms with Crippen LogP contribution in [0.2, 0.25) is 5.02 Å². The third kappa shape index (κ3) is 2.18. The van der Waals surface area contributed by atoms with E-state index in [1.165, 1.54) is 17.2 Å². The third-order valence-corrected chi connectivity index (χ3v) is 4.03. The number of hydrogen-bond donors (Lipinski definition) is 0. The fourth-order valence-corrected chi connectivity index (χ4v) is 2.48. The maximum absolute atomic E-state index is 13.5. The first-order valence-corrected chi connectivity index (χ1v) is 6.79. The van der Waals surface area contributed by atoms with E-state index in [1.54, 1.807) is 12.4 Å². The molecule has 1 heterocycles. The van der Waals surface area contributed by atoms with Crippen molar-refractivity contribution in [3.63, 3.8) is 0 Å². The number of imidazole rings is 1. The van der Waals surface area contributed by atoms with Gasteiger partial charge in [0.05, 0.1) is 28.9 Å². The third-order valence-electron chi connectivity index (χ3n) is 3.61. The molecule has 2 aromatic carbocycles. The van der Waals surface area contributed by atoms with Crippen LogP contribution in [0.5, 0.6) is 0 Å². The molecule has 0 radical (unpaired) electrons. The zero-order valence-corrected chi connectivity index (χ0v) is 12.1. The highest BCUT2D eigenvalue weighted by molar-refractivity contribution is 6.31. The van der Waals surface area contributed by atoms with Gasteiger partial charge < -0.3 is 4.57 Å². The summed E-state index contributed by atoms with van der Waals surface area (Å²) in [5, 5.41) is 0.179. The van der Waals surface area contributed by atoms with Crippen LogP contribution in [0.4, 0.5) is 4.39 Å². The SMILES string of the molecule is Cc1cc2ncn(Cc3cccc(F)c3Cl)c2cc1C. The largest absolute Gasteiger partial charge is 0.326 e. The van der Waals surface area contributed by atoms with Crippen molar-refractivity contribution < 1.29 is 4.39 Å². The number of fused-ring (bicyclic) bond motifs is 1. The molecule has 0 spiro atoms. The van der Waals surface area contributed by atoms with E-state index >= 15 is 0 Å². The number of benzene rings is 2. The van der Waals surface area contributed by atoms with Gasteiger partial charge in [-0.05, 0) is 48.7 Å². The molecule has 4 heteroatoms. The molecule has 0 aliphatic carbocycles. The minimum absolute atomic E-state index is 0.179. The topological polar surface area (TPSA) is 17.8 Å². The predicted octanol–water partition coefficient (Wildman–Crippen LogP) is 4.49. The lowest BCUT2D eigenvalue weighted by molar-refractivity contribution is 0.624. The number of aromatic nitrogens is 2. The second kappa shape index (κ2) is 4.91. The molecule has 0 aliphatic rings. The van der Waals surface area contributed by atoms with Gasteiger partial charge in [0.1, 0.15) is 5.82 Å². The summed E-state index contributed by atoms with van der Waals surface area (Å²) in [6, 6.07) is 9.04. The molecular weight excluding hydrogens is 275 g/mol. The maximum Gasteiger partial charge on any atom is 0.142 e. The van der Waals surface area contributed by atoms with Crippen LogP contribution in [0, 0.1) is 19.7 Å². The molecule has 0 fully saturated rings. The van der Waals surface area contributed by atoms with Gasteiger partial charge in [0, 0.05) is 0 Å². The molecule has 0 saturated carbocycles. The second-order valence-corrected chi connectivity index (χ2v) is 5.39. The molecule has 0 N–H and O–H groups in total. The summed E-state index contributed by atoms with van der Waals surface area (Å²) in [5.74, 6) is -0.388. The van der Waals surface area contributed by atoms with Crippen molar-refractivity contribution >= 4 is 22.6 Å². The molecule has 0 saturated heterocycles. The van der Waals surface area contributed by atoms with E-state index in [2.05, 4.69) is 31.0 Å². The Hall–Kier alpha value is -1.87. The van der Waals surface area contributed by atoms with Crippen LogP contribution in [0.25, 0.3) is 11.0 Å². The fraction of sp³-hybridized carbons (Fsp3) is 0.188. The zero-order valence-electron chi connectivity index (χ0n) is 11.3. The van der Waals surface area contributed by atoms with Gasteiger partial charge in [0.25, 0.3) is 0 Å². The maximum atomic E-state index is 13.5. The van der Waals surface area contributed by atoms with Gasteiger partial charge in [-0.25, -0.2) is 9.37 Å². The second-order valence-electron chi connectivity index (χ2n) is 5.01. The lowest BCUT2D eigenvalue weighted by Gasteiger charge is -2.08. The van der Waals surface area contributed by atoms with E-state index in [0.717, 1.165) is 16.6 Å². The van der Waals surface area contributed by atoms with Crippen LogP contribution < -0.4 is 0 Å². The Bertz CT molecular complexity index is 793. The van der Waals surface area contributed by atoms with Crippen molar-refractivity contribution in [2.75, 3.05) is 0 Å². The lowest BCUT2D eigenvalue weighted by Crippen LogP contribution is -2.00. The lowest BCUT2D eigenvalue weighted by atomic mass is 10.1. The Morgan fingerprint density at radius 3 is 2.75 bits per heavy atom. The summed E-state index contributed by atoms with van der Waals surface area (Å²) in [4.78, 5) is 4.39. The Kier molecular flexibility index (Phi) is 3.22. The average Bonchev–Trinajstić information content (AvgIpc) is 2.78. The standard InChI is InChI=1S/C16H14ClFN2/c1-10-6-14-15(7-11(10)2)20(9-19-14)8-12-4-3-5-13(18)16(12)17/h3-7,9H,8H2,1-2H3. The molecule has 0 amide bonds. The number of rotatable bonds is 2. The molecule has 0 unspecified atom stereocenters. The van der Waals surface area contributed by atoms with Crippen molar-refractivity contribution in [3.05, 3.63) is 64.2 Å². The minimum atomic E-state index is -0.388. The number of nitrogens with zero attached hydrogens (tertiary/aromatic N) is 2. The van der Waals surface area contributed by atoms with Gasteiger partial charge in [-0.1, -0.05) is 23.7 Å². The van der Waals surface area contributed by atoms with E-state index in [4.69, 9.17) is 11.6 Å². The summed E-state index contributed by atoms with van der Waals surface area (Å²) in [5.41, 5.74) is 5.16. The van der Waals surface area contributed by atoms with Crippen LogP contribution in [-0.4, -0.2) is 9.55 Å². The highest BCUT2D eigenvalue weighted by Gasteiger charge is 2.09. The summed E-state index contributed by atoms with van der Waals surface area (Å²) in [6.07, 6.45) is 1.77. The van der Waals surface area contributed by atoms with Gasteiger partial charge in [-0.15, -0.1) is 0 Å². The van der Waals surface area contributed by atoms with Gasteiger partial charge >= 0.3 is 0 Å². The predicted molar refractivity (Wildman–Crippen MR) is 79.7 cm³/mol. The van der Waals surface area contributed by atoms with Crippen molar-refractivity contribution in [3.8, 4) is 0 Å². The first kappa shape index (κ1) is 13.1. The summed E-state index contributed by atoms with van der Waals surface area (Å²) >= 11 is 6.01. The molecule has 0 atom stereocenters. The van der Waals surface area contributed by atoms with Crippen molar-refractivity contribution in [1.82, 2.24) is 9.55 Å². The van der Waals surface area contributed by atoms with Crippen molar-refractivity contribution in [2.24, 2.45) is 0 Å². The van der Waals surface area contributed by atoms with E-state index in [-0.39, 0.29) is 10.8 Å². The van der Waals surface area contributed by atoms with Crippen molar-refractivity contribution in [2.45, 2.75) is 20.4 Å². The van der Waals surface area contributed by atoms with Crippen LogP contribution >= 0.6 is 11.6 Å². The average molecular weight is 289 g/mol. The first-order valence-electron chi connectivity index (χ1n) is 6.41. The summed E-state index contributed by atoms with van der Waals surface area (Å²) in [6.45, 7) is 4.65. The molecule has 0 bridgehead atoms. The Morgan fingerprint density at radius 2 is 1.95 bits per heavy atom. The summed E-state index contributed by atoms with van der Waals surface area (Å²) < 4.78 is 15.5. The van der Waals surface area contributed by atoms with Gasteiger partial charge in [-0.2, -0.15) is 0 Å². The first-order chi connectivity index (χ1) is 9.56. The van der Waals surface area contributed by atoms with Gasteiger partial charge in [-0.3, -0.25) is 0 Å². The van der Waals surface area contributed by atoms with E-state index in [0.29, 0.717) is 6.54 Å². The van der Waals surface area contributed by atoms with E-state index < -0.39 is 0 Å². The fourth-order valence-electron chi connectivity index (χ4n) is 2.29. The molecule has 2 nitrogen and oxygen atoms in total. The Balaban J connectivity index is 2.07. The molecule has 3 aromatic rings. The Morgan fingerprint density at radius 1 is 1.20 bits per heavy atom. The van der Waals surface area contributed by atoms with Crippen LogP contribution in [0.3, 0.4) is 0 Å². The molecule has 20 heavy (non-hydrogen) atoms. The quantitative estimate of drug-likeness (QED) is 0.679. The minimum Gasteiger partial charge on any atom is -0.326 e. The Labute approximate surface area is 121 Å². The van der Waals surface area contributed by atoms with Crippen LogP contribution in [-0.2, 0) is 6.54 Å². The van der Waals surface area contributed by atoms with E-state index in [9.17, 15) is 4.39 Å². The molecule has 3 rings (SSSR count). The molecular formula is C16H14ClFN2. The monoisotopic (exact) mass is 288 g/mol. The van der Waals surface area contributed by atoms with Gasteiger partial charge in [0.15, 0.2) is 0 Å². The smallest absolute Gasteiger partial charge is 0.142 e. The van der Waals surface area contributed by atoms with Crippen LogP contribution in [0.1, 0.15) is 16.7 Å². The molecule has 102 valence electrons. The summed E-state index contributed by atoms with van der Waals surface area (Å²) in [7, 11) is 0. The highest BCUT2D eigenvalue weighted by atomic mass is 35.5. The zero-order chi connectivity index (χ0) is 14.3. The number of hydrogen-bond acceptors (Lipinski definition) is 1.